The number of rotatable bonds is 4. The van der Waals surface area contributed by atoms with Crippen molar-refractivity contribution in [3.05, 3.63) is 24.3 Å². The Hall–Kier alpha value is -1.51. The SMILES string of the molecule is COc1ccc(N(C)CC2CC(C)CCC2=O)cc1. The van der Waals surface area contributed by atoms with E-state index in [0.717, 1.165) is 37.2 Å². The lowest BCUT2D eigenvalue weighted by molar-refractivity contribution is -0.125. The number of carbonyl (C=O) groups excluding carboxylic acids is 1. The minimum atomic E-state index is 0.191. The van der Waals surface area contributed by atoms with Crippen LogP contribution in [0.4, 0.5) is 5.69 Å². The number of benzene rings is 1. The van der Waals surface area contributed by atoms with Gasteiger partial charge >= 0.3 is 0 Å². The van der Waals surface area contributed by atoms with Crippen molar-refractivity contribution < 1.29 is 9.53 Å². The number of methoxy groups -OCH3 is 1. The first-order valence-corrected chi connectivity index (χ1v) is 6.98. The molecule has 0 radical (unpaired) electrons. The fraction of sp³-hybridized carbons (Fsp3) is 0.562. The van der Waals surface area contributed by atoms with Crippen molar-refractivity contribution in [3.63, 3.8) is 0 Å². The molecule has 1 aliphatic rings. The molecule has 0 aromatic heterocycles. The Morgan fingerprint density at radius 3 is 2.63 bits per heavy atom. The van der Waals surface area contributed by atoms with Crippen molar-refractivity contribution in [2.75, 3.05) is 25.6 Å². The second-order valence-electron chi connectivity index (χ2n) is 5.62. The van der Waals surface area contributed by atoms with Gasteiger partial charge in [0.2, 0.25) is 0 Å². The maximum atomic E-state index is 12.0. The molecule has 1 aromatic carbocycles. The fourth-order valence-electron chi connectivity index (χ4n) is 2.78. The molecule has 1 fully saturated rings. The average Bonchev–Trinajstić information content (AvgIpc) is 2.43. The molecular formula is C16H23NO2. The van der Waals surface area contributed by atoms with Crippen LogP contribution in [0.1, 0.15) is 26.2 Å². The Bertz CT molecular complexity index is 427. The zero-order valence-electron chi connectivity index (χ0n) is 12.1. The van der Waals surface area contributed by atoms with Crippen LogP contribution in [-0.2, 0) is 4.79 Å². The summed E-state index contributed by atoms with van der Waals surface area (Å²) in [5.41, 5.74) is 1.13. The zero-order valence-corrected chi connectivity index (χ0v) is 12.1. The Morgan fingerprint density at radius 2 is 2.00 bits per heavy atom. The van der Waals surface area contributed by atoms with Gasteiger partial charge in [0.05, 0.1) is 7.11 Å². The summed E-state index contributed by atoms with van der Waals surface area (Å²) in [6, 6.07) is 7.99. The average molecular weight is 261 g/mol. The van der Waals surface area contributed by atoms with Crippen molar-refractivity contribution in [2.45, 2.75) is 26.2 Å². The lowest BCUT2D eigenvalue weighted by atomic mass is 9.81. The quantitative estimate of drug-likeness (QED) is 0.834. The molecule has 0 aliphatic heterocycles. The van der Waals surface area contributed by atoms with Crippen molar-refractivity contribution >= 4 is 11.5 Å². The third-order valence-corrected chi connectivity index (χ3v) is 4.03. The second-order valence-corrected chi connectivity index (χ2v) is 5.62. The van der Waals surface area contributed by atoms with Crippen molar-refractivity contribution in [1.29, 1.82) is 0 Å². The van der Waals surface area contributed by atoms with Crippen molar-refractivity contribution in [2.24, 2.45) is 11.8 Å². The molecule has 3 heteroatoms. The van der Waals surface area contributed by atoms with E-state index in [2.05, 4.69) is 11.8 Å². The summed E-state index contributed by atoms with van der Waals surface area (Å²) in [6.07, 6.45) is 2.84. The topological polar surface area (TPSA) is 29.5 Å². The standard InChI is InChI=1S/C16H23NO2/c1-12-4-9-16(18)13(10-12)11-17(2)14-5-7-15(19-3)8-6-14/h5-8,12-13H,4,9-11H2,1-3H3. The van der Waals surface area contributed by atoms with E-state index in [1.807, 2.05) is 31.3 Å². The molecule has 0 heterocycles. The molecule has 0 amide bonds. The van der Waals surface area contributed by atoms with E-state index in [9.17, 15) is 4.79 Å². The fourth-order valence-corrected chi connectivity index (χ4v) is 2.78. The molecule has 2 atom stereocenters. The number of Topliss-reactive ketones (excluding diaryl/α,β-unsaturated/α-hetero) is 1. The molecule has 3 nitrogen and oxygen atoms in total. The zero-order chi connectivity index (χ0) is 13.8. The molecule has 2 rings (SSSR count). The van der Waals surface area contributed by atoms with Gasteiger partial charge in [-0.15, -0.1) is 0 Å². The number of nitrogens with zero attached hydrogens (tertiary/aromatic N) is 1. The molecule has 1 aromatic rings. The van der Waals surface area contributed by atoms with Gasteiger partial charge in [0.1, 0.15) is 11.5 Å². The van der Waals surface area contributed by atoms with E-state index in [1.165, 1.54) is 0 Å². The van der Waals surface area contributed by atoms with Gasteiger partial charge in [0.15, 0.2) is 0 Å². The van der Waals surface area contributed by atoms with Crippen LogP contribution in [-0.4, -0.2) is 26.5 Å². The largest absolute Gasteiger partial charge is 0.497 e. The normalized spacial score (nSPS) is 23.2. The summed E-state index contributed by atoms with van der Waals surface area (Å²) in [5, 5.41) is 0. The van der Waals surface area contributed by atoms with Gasteiger partial charge in [-0.3, -0.25) is 4.79 Å². The Balaban J connectivity index is 1.99. The van der Waals surface area contributed by atoms with Crippen LogP contribution < -0.4 is 9.64 Å². The van der Waals surface area contributed by atoms with E-state index in [4.69, 9.17) is 4.74 Å². The van der Waals surface area contributed by atoms with Gasteiger partial charge in [-0.2, -0.15) is 0 Å². The smallest absolute Gasteiger partial charge is 0.137 e. The maximum Gasteiger partial charge on any atom is 0.137 e. The number of anilines is 1. The highest BCUT2D eigenvalue weighted by Crippen LogP contribution is 2.28. The Kier molecular flexibility index (Phi) is 4.46. The predicted octanol–water partition coefficient (Wildman–Crippen LogP) is 3.14. The van der Waals surface area contributed by atoms with Crippen LogP contribution in [0.25, 0.3) is 0 Å². The van der Waals surface area contributed by atoms with Crippen molar-refractivity contribution in [1.82, 2.24) is 0 Å². The van der Waals surface area contributed by atoms with Crippen LogP contribution in [0.5, 0.6) is 5.75 Å². The van der Waals surface area contributed by atoms with Crippen LogP contribution in [0.2, 0.25) is 0 Å². The number of ketones is 1. The van der Waals surface area contributed by atoms with Crippen molar-refractivity contribution in [3.8, 4) is 5.75 Å². The molecule has 0 bridgehead atoms. The monoisotopic (exact) mass is 261 g/mol. The first-order valence-electron chi connectivity index (χ1n) is 6.98. The number of hydrogen-bond donors (Lipinski definition) is 0. The first-order chi connectivity index (χ1) is 9.10. The summed E-state index contributed by atoms with van der Waals surface area (Å²) >= 11 is 0. The molecule has 104 valence electrons. The molecular weight excluding hydrogens is 238 g/mol. The van der Waals surface area contributed by atoms with Crippen LogP contribution in [0, 0.1) is 11.8 Å². The number of hydrogen-bond acceptors (Lipinski definition) is 3. The summed E-state index contributed by atoms with van der Waals surface area (Å²) in [6.45, 7) is 3.06. The summed E-state index contributed by atoms with van der Waals surface area (Å²) in [7, 11) is 3.72. The highest BCUT2D eigenvalue weighted by molar-refractivity contribution is 5.82. The lowest BCUT2D eigenvalue weighted by Crippen LogP contribution is -2.34. The molecule has 0 N–H and O–H groups in total. The third kappa shape index (κ3) is 3.49. The predicted molar refractivity (Wildman–Crippen MR) is 77.8 cm³/mol. The van der Waals surface area contributed by atoms with E-state index in [0.29, 0.717) is 11.7 Å². The lowest BCUT2D eigenvalue weighted by Gasteiger charge is -2.30. The van der Waals surface area contributed by atoms with Gasteiger partial charge in [0, 0.05) is 31.6 Å². The Morgan fingerprint density at radius 1 is 1.32 bits per heavy atom. The summed E-state index contributed by atoms with van der Waals surface area (Å²) in [5.74, 6) is 2.15. The third-order valence-electron chi connectivity index (χ3n) is 4.03. The van der Waals surface area contributed by atoms with Crippen LogP contribution in [0.15, 0.2) is 24.3 Å². The maximum absolute atomic E-state index is 12.0. The Labute approximate surface area is 115 Å². The minimum absolute atomic E-state index is 0.191. The van der Waals surface area contributed by atoms with Gasteiger partial charge < -0.3 is 9.64 Å². The highest BCUT2D eigenvalue weighted by atomic mass is 16.5. The molecule has 1 saturated carbocycles. The molecule has 1 aliphatic carbocycles. The summed E-state index contributed by atoms with van der Waals surface area (Å²) in [4.78, 5) is 14.1. The second kappa shape index (κ2) is 6.09. The van der Waals surface area contributed by atoms with E-state index in [1.54, 1.807) is 7.11 Å². The van der Waals surface area contributed by atoms with E-state index >= 15 is 0 Å². The first kappa shape index (κ1) is 13.9. The summed E-state index contributed by atoms with van der Waals surface area (Å²) < 4.78 is 5.16. The van der Waals surface area contributed by atoms with Crippen LogP contribution in [0.3, 0.4) is 0 Å². The van der Waals surface area contributed by atoms with Crippen LogP contribution >= 0.6 is 0 Å². The van der Waals surface area contributed by atoms with Gasteiger partial charge in [-0.1, -0.05) is 6.92 Å². The van der Waals surface area contributed by atoms with E-state index in [-0.39, 0.29) is 5.92 Å². The minimum Gasteiger partial charge on any atom is -0.497 e. The highest BCUT2D eigenvalue weighted by Gasteiger charge is 2.27. The number of carbonyl (C=O) groups is 1. The van der Waals surface area contributed by atoms with E-state index < -0.39 is 0 Å². The van der Waals surface area contributed by atoms with Gasteiger partial charge in [-0.05, 0) is 43.0 Å². The molecule has 19 heavy (non-hydrogen) atoms. The van der Waals surface area contributed by atoms with Gasteiger partial charge in [-0.25, -0.2) is 0 Å². The number of ether oxygens (including phenoxy) is 1. The molecule has 2 unspecified atom stereocenters. The molecule has 0 saturated heterocycles. The van der Waals surface area contributed by atoms with Gasteiger partial charge in [0.25, 0.3) is 0 Å². The molecule has 0 spiro atoms.